The summed E-state index contributed by atoms with van der Waals surface area (Å²) >= 11 is 0. The van der Waals surface area contributed by atoms with Crippen molar-refractivity contribution in [1.82, 2.24) is 44.7 Å². The fraction of sp³-hybridized carbons (Fsp3) is 0.467. The fourth-order valence-corrected chi connectivity index (χ4v) is 8.56. The first kappa shape index (κ1) is 40.8. The lowest BCUT2D eigenvalue weighted by Gasteiger charge is -2.36. The van der Waals surface area contributed by atoms with Gasteiger partial charge in [0.1, 0.15) is 0 Å². The highest BCUT2D eigenvalue weighted by Crippen LogP contribution is 2.40. The van der Waals surface area contributed by atoms with Gasteiger partial charge < -0.3 is 19.3 Å². The molecular weight excluding hydrogens is 763 g/mol. The molecule has 0 radical (unpaired) electrons. The van der Waals surface area contributed by atoms with Gasteiger partial charge >= 0.3 is 11.9 Å². The first-order valence-electron chi connectivity index (χ1n) is 20.9. The van der Waals surface area contributed by atoms with Gasteiger partial charge in [0.15, 0.2) is 11.4 Å². The van der Waals surface area contributed by atoms with Gasteiger partial charge in [0.05, 0.1) is 12.3 Å². The Labute approximate surface area is 348 Å². The second-order valence-electron chi connectivity index (χ2n) is 17.9. The zero-order chi connectivity index (χ0) is 42.3. The van der Waals surface area contributed by atoms with Crippen molar-refractivity contribution in [1.29, 1.82) is 0 Å². The molecule has 3 aliphatic rings. The number of benzene rings is 2. The van der Waals surface area contributed by atoms with Crippen LogP contribution in [0.15, 0.2) is 57.6 Å². The van der Waals surface area contributed by atoms with E-state index in [4.69, 9.17) is 29.5 Å². The number of hydrogen-bond donors (Lipinski definition) is 2. The molecule has 60 heavy (non-hydrogen) atoms. The van der Waals surface area contributed by atoms with E-state index in [1.165, 1.54) is 22.5 Å². The summed E-state index contributed by atoms with van der Waals surface area (Å²) in [5.74, 6) is 0.151. The Hall–Kier alpha value is -5.96. The molecule has 2 aliphatic carbocycles. The van der Waals surface area contributed by atoms with Gasteiger partial charge in [-0.1, -0.05) is 86.5 Å². The molecule has 2 N–H and O–H groups in total. The number of nitrogens with zero attached hydrogens (tertiary/aromatic N) is 9. The van der Waals surface area contributed by atoms with Crippen molar-refractivity contribution in [3.8, 4) is 45.9 Å². The van der Waals surface area contributed by atoms with E-state index >= 15 is 0 Å². The highest BCUT2D eigenvalue weighted by Gasteiger charge is 2.35. The molecule has 1 saturated heterocycles. The summed E-state index contributed by atoms with van der Waals surface area (Å²) in [6.07, 6.45) is 6.16. The summed E-state index contributed by atoms with van der Waals surface area (Å²) in [7, 11) is 0. The van der Waals surface area contributed by atoms with Gasteiger partial charge in [0, 0.05) is 66.4 Å². The Balaban J connectivity index is 0.000000168. The summed E-state index contributed by atoms with van der Waals surface area (Å²) < 4.78 is 15.3. The lowest BCUT2D eigenvalue weighted by atomic mass is 9.76. The molecule has 4 aromatic heterocycles. The monoisotopic (exact) mass is 815 g/mol. The topological polar surface area (TPSA) is 191 Å². The molecule has 15 nitrogen and oxygen atoms in total. The predicted molar refractivity (Wildman–Crippen MR) is 223 cm³/mol. The second-order valence-corrected chi connectivity index (χ2v) is 17.9. The third-order valence-electron chi connectivity index (χ3n) is 12.1. The Kier molecular flexibility index (Phi) is 11.0. The van der Waals surface area contributed by atoms with E-state index in [9.17, 15) is 9.59 Å². The Morgan fingerprint density at radius 1 is 0.700 bits per heavy atom. The van der Waals surface area contributed by atoms with E-state index in [2.05, 4.69) is 76.1 Å². The van der Waals surface area contributed by atoms with E-state index in [0.29, 0.717) is 36.5 Å². The van der Waals surface area contributed by atoms with Gasteiger partial charge in [-0.25, -0.2) is 0 Å². The quantitative estimate of drug-likeness (QED) is 0.132. The van der Waals surface area contributed by atoms with Crippen molar-refractivity contribution in [2.75, 3.05) is 13.1 Å². The van der Waals surface area contributed by atoms with Crippen molar-refractivity contribution in [2.24, 2.45) is 16.7 Å². The average Bonchev–Trinajstić information content (AvgIpc) is 4.01. The molecule has 0 unspecified atom stereocenters. The number of aromatic nitrogens is 8. The maximum Gasteiger partial charge on any atom is 0.309 e. The smallest absolute Gasteiger partial charge is 0.309 e. The maximum absolute atomic E-state index is 11.0. The van der Waals surface area contributed by atoms with E-state index in [0.717, 1.165) is 91.8 Å². The van der Waals surface area contributed by atoms with Crippen molar-refractivity contribution in [2.45, 2.75) is 106 Å². The Morgan fingerprint density at radius 2 is 1.15 bits per heavy atom. The van der Waals surface area contributed by atoms with E-state index in [1.807, 2.05) is 36.4 Å². The molecule has 0 atom stereocenters. The Morgan fingerprint density at radius 3 is 1.57 bits per heavy atom. The van der Waals surface area contributed by atoms with Crippen LogP contribution in [0.25, 0.3) is 45.9 Å². The third-order valence-corrected chi connectivity index (χ3v) is 12.1. The highest BCUT2D eigenvalue weighted by molar-refractivity contribution is 5.72. The van der Waals surface area contributed by atoms with Gasteiger partial charge in [-0.2, -0.15) is 20.2 Å². The van der Waals surface area contributed by atoms with E-state index in [1.54, 1.807) is 12.1 Å². The normalized spacial score (nSPS) is 17.0. The van der Waals surface area contributed by atoms with Gasteiger partial charge in [0.2, 0.25) is 11.6 Å². The standard InChI is InChI=1S/C24H29N5O3.C21H24N4O3/c1-4-29-19-11-24(2,3)10-9-18(19)20(26-29)22-25-21(27-32-22)16-7-5-15(6-8-16)12-28-13-17(14-28)23(30)31;1-4-25-16-12-21(2,3)10-9-15(16)18(23-25)20-22-19(24-28-20)14-7-5-13(6-8-14)11-17(26)27/h5-8,17H,4,9-14H2,1-3H3,(H,30,31);5-8H,4,9-12H2,1-3H3,(H,26,27). The van der Waals surface area contributed by atoms with Crippen LogP contribution in [-0.2, 0) is 61.3 Å². The van der Waals surface area contributed by atoms with Gasteiger partial charge in [-0.15, -0.1) is 0 Å². The lowest BCUT2D eigenvalue weighted by Crippen LogP contribution is -2.49. The number of carboxylic acid groups (broad SMARTS) is 2. The molecule has 5 heterocycles. The molecule has 1 fully saturated rings. The number of hydrogen-bond acceptors (Lipinski definition) is 11. The number of likely N-dealkylation sites (tertiary alicyclic amines) is 1. The molecule has 2 aromatic carbocycles. The number of aliphatic carboxylic acids is 2. The number of carbonyl (C=O) groups is 2. The van der Waals surface area contributed by atoms with E-state index < -0.39 is 11.9 Å². The number of aryl methyl sites for hydroxylation is 2. The van der Waals surface area contributed by atoms with Crippen molar-refractivity contribution in [3.63, 3.8) is 0 Å². The first-order valence-corrected chi connectivity index (χ1v) is 20.9. The second kappa shape index (κ2) is 16.2. The minimum Gasteiger partial charge on any atom is -0.481 e. The van der Waals surface area contributed by atoms with E-state index in [-0.39, 0.29) is 23.2 Å². The van der Waals surface area contributed by atoms with Gasteiger partial charge in [-0.05, 0) is 74.3 Å². The highest BCUT2D eigenvalue weighted by atomic mass is 16.5. The summed E-state index contributed by atoms with van der Waals surface area (Å²) in [5, 5.41) is 35.8. The minimum atomic E-state index is -0.853. The molecule has 0 bridgehead atoms. The molecule has 9 rings (SSSR count). The summed E-state index contributed by atoms with van der Waals surface area (Å²) in [4.78, 5) is 33.1. The predicted octanol–water partition coefficient (Wildman–Crippen LogP) is 7.41. The zero-order valence-corrected chi connectivity index (χ0v) is 35.2. The minimum absolute atomic E-state index is 0.00525. The number of carboxylic acids is 2. The molecule has 0 saturated carbocycles. The first-order chi connectivity index (χ1) is 28.7. The van der Waals surface area contributed by atoms with Crippen molar-refractivity contribution in [3.05, 3.63) is 82.2 Å². The van der Waals surface area contributed by atoms with Crippen LogP contribution in [0.1, 0.15) is 88.0 Å². The van der Waals surface area contributed by atoms with Crippen LogP contribution in [-0.4, -0.2) is 80.0 Å². The van der Waals surface area contributed by atoms with Gasteiger partial charge in [0.25, 0.3) is 11.8 Å². The van der Waals surface area contributed by atoms with Crippen LogP contribution in [0, 0.1) is 16.7 Å². The maximum atomic E-state index is 11.0. The fourth-order valence-electron chi connectivity index (χ4n) is 8.56. The van der Waals surface area contributed by atoms with Crippen LogP contribution in [0.2, 0.25) is 0 Å². The van der Waals surface area contributed by atoms with Crippen LogP contribution in [0.3, 0.4) is 0 Å². The van der Waals surface area contributed by atoms with Crippen LogP contribution in [0.4, 0.5) is 0 Å². The van der Waals surface area contributed by atoms with Crippen molar-refractivity contribution >= 4 is 11.9 Å². The zero-order valence-electron chi connectivity index (χ0n) is 35.2. The Bertz CT molecular complexity index is 2500. The molecular formula is C45H53N9O6. The van der Waals surface area contributed by atoms with Crippen LogP contribution < -0.4 is 0 Å². The third kappa shape index (κ3) is 8.53. The summed E-state index contributed by atoms with van der Waals surface area (Å²) in [6, 6.07) is 15.2. The van der Waals surface area contributed by atoms with Crippen LogP contribution in [0.5, 0.6) is 0 Å². The SMILES string of the molecule is CCn1nc(-c2nc(-c3ccc(CC(=O)O)cc3)no2)c2c1CC(C)(C)CC2.CCn1nc(-c2nc(-c3ccc(CN4CC(C(=O)O)C4)cc3)no2)c2c1CC(C)(C)CC2. The van der Waals surface area contributed by atoms with Gasteiger partial charge in [-0.3, -0.25) is 23.9 Å². The summed E-state index contributed by atoms with van der Waals surface area (Å²) in [6.45, 7) is 17.0. The molecule has 15 heteroatoms. The average molecular weight is 816 g/mol. The van der Waals surface area contributed by atoms with Crippen LogP contribution >= 0.6 is 0 Å². The largest absolute Gasteiger partial charge is 0.481 e. The van der Waals surface area contributed by atoms with Crippen molar-refractivity contribution < 1.29 is 28.8 Å². The molecule has 1 aliphatic heterocycles. The molecule has 6 aromatic rings. The molecule has 314 valence electrons. The molecule has 0 spiro atoms. The lowest BCUT2D eigenvalue weighted by molar-refractivity contribution is -0.147. The number of rotatable bonds is 11. The summed E-state index contributed by atoms with van der Waals surface area (Å²) in [5.41, 5.74) is 10.7. The number of fused-ring (bicyclic) bond motifs is 2. The molecule has 0 amide bonds.